The van der Waals surface area contributed by atoms with E-state index in [0.717, 1.165) is 0 Å². The summed E-state index contributed by atoms with van der Waals surface area (Å²) >= 11 is 0. The fraction of sp³-hybridized carbons (Fsp3) is 0.385. The van der Waals surface area contributed by atoms with Gasteiger partial charge in [0.1, 0.15) is 11.6 Å². The first kappa shape index (κ1) is 23.9. The summed E-state index contributed by atoms with van der Waals surface area (Å²) in [5, 5.41) is 2.87. The number of nitrogens with zero attached hydrogens (tertiary/aromatic N) is 3. The molecule has 178 valence electrons. The third-order valence-electron chi connectivity index (χ3n) is 6.17. The van der Waals surface area contributed by atoms with Crippen molar-refractivity contribution in [1.82, 2.24) is 15.0 Å². The first-order valence-electron chi connectivity index (χ1n) is 11.5. The van der Waals surface area contributed by atoms with Crippen LogP contribution < -0.4 is 5.32 Å². The summed E-state index contributed by atoms with van der Waals surface area (Å²) in [5.41, 5.74) is 1.82. The molecule has 1 saturated carbocycles. The molecule has 1 amide bonds. The molecular weight excluding hydrogens is 441 g/mol. The zero-order valence-electron chi connectivity index (χ0n) is 19.2. The fourth-order valence-electron chi connectivity index (χ4n) is 4.30. The maximum atomic E-state index is 14.7. The summed E-state index contributed by atoms with van der Waals surface area (Å²) in [6.45, 7) is 3.90. The van der Waals surface area contributed by atoms with Gasteiger partial charge < -0.3 is 5.32 Å². The van der Waals surface area contributed by atoms with Crippen LogP contribution in [0, 0.1) is 5.82 Å². The van der Waals surface area contributed by atoms with E-state index in [1.54, 1.807) is 24.3 Å². The highest BCUT2D eigenvalue weighted by Crippen LogP contribution is 2.43. The molecule has 8 heteroatoms. The van der Waals surface area contributed by atoms with E-state index in [0.29, 0.717) is 41.2 Å². The zero-order valence-corrected chi connectivity index (χ0v) is 19.2. The molecule has 1 N–H and O–H groups in total. The first-order chi connectivity index (χ1) is 16.2. The van der Waals surface area contributed by atoms with E-state index in [-0.39, 0.29) is 36.7 Å². The summed E-state index contributed by atoms with van der Waals surface area (Å²) in [6.07, 6.45) is 5.11. The molecule has 1 fully saturated rings. The van der Waals surface area contributed by atoms with Crippen LogP contribution in [0.3, 0.4) is 0 Å². The molecule has 1 unspecified atom stereocenters. The van der Waals surface area contributed by atoms with Crippen molar-refractivity contribution in [2.45, 2.75) is 63.7 Å². The Bertz CT molecular complexity index is 1160. The molecule has 2 heterocycles. The van der Waals surface area contributed by atoms with Crippen molar-refractivity contribution in [2.24, 2.45) is 0 Å². The molecule has 0 saturated heterocycles. The molecule has 0 bridgehead atoms. The molecule has 34 heavy (non-hydrogen) atoms. The van der Waals surface area contributed by atoms with Gasteiger partial charge in [-0.2, -0.15) is 0 Å². The standard InChI is InChI=1S/C26H27F3N4O/c1-16(2)24-31-14-18(15-32-24)25(34)33-23-20(19-7-3-4-8-21(19)27)10-13-30-22(23)17-6-5-11-26(28,29)12-9-17/h3-4,7-8,10,13-17H,5-6,9,11-12H2,1-2H3,(H,33,34). The molecule has 1 aromatic carbocycles. The van der Waals surface area contributed by atoms with Crippen LogP contribution in [0.15, 0.2) is 48.9 Å². The Morgan fingerprint density at radius 2 is 1.76 bits per heavy atom. The average molecular weight is 469 g/mol. The molecule has 0 spiro atoms. The van der Waals surface area contributed by atoms with Gasteiger partial charge in [0.2, 0.25) is 5.92 Å². The molecule has 4 rings (SSSR count). The lowest BCUT2D eigenvalue weighted by atomic mass is 9.91. The Balaban J connectivity index is 1.75. The number of pyridine rings is 1. The predicted octanol–water partition coefficient (Wildman–Crippen LogP) is 6.74. The van der Waals surface area contributed by atoms with Gasteiger partial charge >= 0.3 is 0 Å². The van der Waals surface area contributed by atoms with Crippen LogP contribution in [0.5, 0.6) is 0 Å². The number of amides is 1. The predicted molar refractivity (Wildman–Crippen MR) is 124 cm³/mol. The van der Waals surface area contributed by atoms with Crippen LogP contribution in [0.4, 0.5) is 18.9 Å². The number of carbonyl (C=O) groups is 1. The summed E-state index contributed by atoms with van der Waals surface area (Å²) in [4.78, 5) is 26.1. The van der Waals surface area contributed by atoms with E-state index in [4.69, 9.17) is 0 Å². The van der Waals surface area contributed by atoms with Crippen molar-refractivity contribution in [2.75, 3.05) is 5.32 Å². The molecule has 1 atom stereocenters. The number of hydrogen-bond donors (Lipinski definition) is 1. The van der Waals surface area contributed by atoms with Crippen LogP contribution in [0.2, 0.25) is 0 Å². The minimum atomic E-state index is -2.71. The van der Waals surface area contributed by atoms with Crippen LogP contribution in [0.25, 0.3) is 11.1 Å². The zero-order chi connectivity index (χ0) is 24.3. The SMILES string of the molecule is CC(C)c1ncc(C(=O)Nc2c(-c3ccccc3F)ccnc2C2CCCC(F)(F)CC2)cn1. The Morgan fingerprint density at radius 1 is 1.03 bits per heavy atom. The molecule has 5 nitrogen and oxygen atoms in total. The van der Waals surface area contributed by atoms with E-state index in [9.17, 15) is 18.0 Å². The molecule has 3 aromatic rings. The smallest absolute Gasteiger partial charge is 0.258 e. The van der Waals surface area contributed by atoms with Gasteiger partial charge in [-0.05, 0) is 31.4 Å². The maximum Gasteiger partial charge on any atom is 0.258 e. The maximum absolute atomic E-state index is 14.7. The van der Waals surface area contributed by atoms with Gasteiger partial charge in [0.15, 0.2) is 0 Å². The van der Waals surface area contributed by atoms with Crippen molar-refractivity contribution in [3.8, 4) is 11.1 Å². The van der Waals surface area contributed by atoms with Gasteiger partial charge in [-0.25, -0.2) is 23.1 Å². The molecule has 1 aliphatic rings. The number of alkyl halides is 2. The minimum absolute atomic E-state index is 0.114. The number of halogens is 3. The normalized spacial score (nSPS) is 17.9. The topological polar surface area (TPSA) is 67.8 Å². The quantitative estimate of drug-likeness (QED) is 0.421. The second kappa shape index (κ2) is 9.91. The van der Waals surface area contributed by atoms with E-state index in [1.165, 1.54) is 24.7 Å². The van der Waals surface area contributed by atoms with Gasteiger partial charge in [-0.3, -0.25) is 9.78 Å². The summed E-state index contributed by atoms with van der Waals surface area (Å²) < 4.78 is 42.8. The van der Waals surface area contributed by atoms with Crippen molar-refractivity contribution in [3.63, 3.8) is 0 Å². The highest BCUT2D eigenvalue weighted by Gasteiger charge is 2.34. The van der Waals surface area contributed by atoms with Gasteiger partial charge in [-0.15, -0.1) is 0 Å². The average Bonchev–Trinajstić information content (AvgIpc) is 3.00. The third-order valence-corrected chi connectivity index (χ3v) is 6.17. The van der Waals surface area contributed by atoms with E-state index >= 15 is 0 Å². The highest BCUT2D eigenvalue weighted by molar-refractivity contribution is 6.06. The van der Waals surface area contributed by atoms with Crippen molar-refractivity contribution < 1.29 is 18.0 Å². The summed E-state index contributed by atoms with van der Waals surface area (Å²) in [7, 11) is 0. The van der Waals surface area contributed by atoms with Gasteiger partial charge in [0, 0.05) is 54.4 Å². The fourth-order valence-corrected chi connectivity index (χ4v) is 4.30. The first-order valence-corrected chi connectivity index (χ1v) is 11.5. The Morgan fingerprint density at radius 3 is 2.47 bits per heavy atom. The van der Waals surface area contributed by atoms with Crippen molar-refractivity contribution in [1.29, 1.82) is 0 Å². The van der Waals surface area contributed by atoms with Gasteiger partial charge in [0.05, 0.1) is 16.9 Å². The monoisotopic (exact) mass is 468 g/mol. The minimum Gasteiger partial charge on any atom is -0.320 e. The molecule has 1 aliphatic carbocycles. The van der Waals surface area contributed by atoms with E-state index in [2.05, 4.69) is 20.3 Å². The molecule has 2 aromatic heterocycles. The largest absolute Gasteiger partial charge is 0.320 e. The van der Waals surface area contributed by atoms with E-state index < -0.39 is 17.6 Å². The number of benzene rings is 1. The van der Waals surface area contributed by atoms with Crippen molar-refractivity contribution in [3.05, 3.63) is 71.8 Å². The third kappa shape index (κ3) is 5.26. The van der Waals surface area contributed by atoms with Crippen LogP contribution >= 0.6 is 0 Å². The molecular formula is C26H27F3N4O. The number of hydrogen-bond acceptors (Lipinski definition) is 4. The number of aromatic nitrogens is 3. The van der Waals surface area contributed by atoms with Crippen LogP contribution in [0.1, 0.15) is 79.7 Å². The van der Waals surface area contributed by atoms with Crippen molar-refractivity contribution >= 4 is 11.6 Å². The number of nitrogens with one attached hydrogen (secondary N) is 1. The molecule has 0 aliphatic heterocycles. The van der Waals surface area contributed by atoms with Crippen LogP contribution in [-0.4, -0.2) is 26.8 Å². The Kier molecular flexibility index (Phi) is 6.95. The van der Waals surface area contributed by atoms with E-state index in [1.807, 2.05) is 13.8 Å². The van der Waals surface area contributed by atoms with Crippen LogP contribution in [-0.2, 0) is 0 Å². The second-order valence-electron chi connectivity index (χ2n) is 9.02. The lowest BCUT2D eigenvalue weighted by Crippen LogP contribution is -2.18. The number of carbonyl (C=O) groups excluding carboxylic acids is 1. The second-order valence-corrected chi connectivity index (χ2v) is 9.02. The van der Waals surface area contributed by atoms with Gasteiger partial charge in [-0.1, -0.05) is 32.0 Å². The Hall–Kier alpha value is -3.29. The number of rotatable bonds is 5. The Labute approximate surface area is 196 Å². The summed E-state index contributed by atoms with van der Waals surface area (Å²) in [5.74, 6) is -3.19. The van der Waals surface area contributed by atoms with Gasteiger partial charge in [0.25, 0.3) is 5.91 Å². The number of anilines is 1. The lowest BCUT2D eigenvalue weighted by molar-refractivity contribution is -0.0141. The lowest BCUT2D eigenvalue weighted by Gasteiger charge is -2.21. The summed E-state index contributed by atoms with van der Waals surface area (Å²) in [6, 6.07) is 7.87. The molecule has 0 radical (unpaired) electrons. The highest BCUT2D eigenvalue weighted by atomic mass is 19.3.